The van der Waals surface area contributed by atoms with Gasteiger partial charge in [-0.3, -0.25) is 4.98 Å². The number of amides is 2. The van der Waals surface area contributed by atoms with Crippen molar-refractivity contribution in [1.82, 2.24) is 10.3 Å². The summed E-state index contributed by atoms with van der Waals surface area (Å²) >= 11 is 0. The molecule has 1 heterocycles. The summed E-state index contributed by atoms with van der Waals surface area (Å²) < 4.78 is 13.0. The topological polar surface area (TPSA) is 54.0 Å². The van der Waals surface area contributed by atoms with Crippen LogP contribution in [0.25, 0.3) is 0 Å². The van der Waals surface area contributed by atoms with E-state index in [0.29, 0.717) is 18.7 Å². The first kappa shape index (κ1) is 22.6. The molecule has 0 radical (unpaired) electrons. The Morgan fingerprint density at radius 3 is 2.53 bits per heavy atom. The molecular formula is C25H26FN3O. The van der Waals surface area contributed by atoms with Crippen molar-refractivity contribution in [2.45, 2.75) is 27.2 Å². The summed E-state index contributed by atoms with van der Waals surface area (Å²) in [6.45, 7) is 6.47. The number of rotatable bonds is 4. The monoisotopic (exact) mass is 403 g/mol. The van der Waals surface area contributed by atoms with E-state index in [2.05, 4.69) is 27.5 Å². The minimum atomic E-state index is -0.289. The number of carbonyl (C=O) groups excluding carboxylic acids is 1. The van der Waals surface area contributed by atoms with Crippen molar-refractivity contribution in [1.29, 1.82) is 0 Å². The van der Waals surface area contributed by atoms with Crippen molar-refractivity contribution in [3.63, 3.8) is 0 Å². The molecule has 0 unspecified atom stereocenters. The molecule has 0 atom stereocenters. The summed E-state index contributed by atoms with van der Waals surface area (Å²) in [4.78, 5) is 16.2. The number of aryl methyl sites for hydroxylation is 1. The van der Waals surface area contributed by atoms with Gasteiger partial charge in [-0.15, -0.1) is 0 Å². The number of halogens is 1. The van der Waals surface area contributed by atoms with E-state index in [1.807, 2.05) is 51.1 Å². The Labute approximate surface area is 177 Å². The van der Waals surface area contributed by atoms with Gasteiger partial charge < -0.3 is 10.6 Å². The molecule has 2 amide bonds. The molecule has 1 aromatic heterocycles. The van der Waals surface area contributed by atoms with Gasteiger partial charge in [-0.05, 0) is 66.9 Å². The maximum Gasteiger partial charge on any atom is 0.319 e. The van der Waals surface area contributed by atoms with Crippen LogP contribution >= 0.6 is 0 Å². The molecule has 154 valence electrons. The summed E-state index contributed by atoms with van der Waals surface area (Å²) in [7, 11) is 0. The Morgan fingerprint density at radius 2 is 1.83 bits per heavy atom. The average Bonchev–Trinajstić information content (AvgIpc) is 2.77. The summed E-state index contributed by atoms with van der Waals surface area (Å²) in [5.74, 6) is 5.80. The van der Waals surface area contributed by atoms with Crippen LogP contribution in [0.15, 0.2) is 67.0 Å². The fourth-order valence-corrected chi connectivity index (χ4v) is 2.55. The number of nitrogens with one attached hydrogen (secondary N) is 2. The van der Waals surface area contributed by atoms with E-state index in [4.69, 9.17) is 0 Å². The van der Waals surface area contributed by atoms with Crippen LogP contribution < -0.4 is 10.6 Å². The number of pyridine rings is 1. The van der Waals surface area contributed by atoms with Crippen molar-refractivity contribution < 1.29 is 9.18 Å². The molecule has 2 aromatic carbocycles. The van der Waals surface area contributed by atoms with E-state index in [1.54, 1.807) is 24.5 Å². The van der Waals surface area contributed by atoms with E-state index < -0.39 is 0 Å². The Hall–Kier alpha value is -3.65. The highest BCUT2D eigenvalue weighted by Crippen LogP contribution is 2.15. The van der Waals surface area contributed by atoms with E-state index in [0.717, 1.165) is 22.3 Å². The highest BCUT2D eigenvalue weighted by atomic mass is 19.1. The number of anilines is 1. The Bertz CT molecular complexity index is 1010. The van der Waals surface area contributed by atoms with Gasteiger partial charge in [0.15, 0.2) is 0 Å². The molecule has 0 bridgehead atoms. The molecule has 3 rings (SSSR count). The van der Waals surface area contributed by atoms with E-state index >= 15 is 0 Å². The smallest absolute Gasteiger partial charge is 0.319 e. The average molecular weight is 404 g/mol. The van der Waals surface area contributed by atoms with E-state index in [9.17, 15) is 9.18 Å². The van der Waals surface area contributed by atoms with Crippen molar-refractivity contribution in [3.05, 3.63) is 95.1 Å². The Kier molecular flexibility index (Phi) is 9.08. The van der Waals surface area contributed by atoms with Gasteiger partial charge >= 0.3 is 6.03 Å². The summed E-state index contributed by atoms with van der Waals surface area (Å²) in [6, 6.07) is 15.2. The number of carbonyl (C=O) groups is 1. The van der Waals surface area contributed by atoms with Gasteiger partial charge in [-0.2, -0.15) is 0 Å². The van der Waals surface area contributed by atoms with Crippen molar-refractivity contribution in [2.24, 2.45) is 0 Å². The molecule has 0 spiro atoms. The molecular weight excluding hydrogens is 377 g/mol. The van der Waals surface area contributed by atoms with Gasteiger partial charge in [0, 0.05) is 35.8 Å². The van der Waals surface area contributed by atoms with Crippen LogP contribution in [-0.4, -0.2) is 17.6 Å². The Balaban J connectivity index is 0.00000155. The summed E-state index contributed by atoms with van der Waals surface area (Å²) in [6.07, 6.45) is 4.22. The van der Waals surface area contributed by atoms with Crippen LogP contribution in [0.4, 0.5) is 14.9 Å². The third kappa shape index (κ3) is 7.40. The lowest BCUT2D eigenvalue weighted by molar-refractivity contribution is 0.252. The van der Waals surface area contributed by atoms with Gasteiger partial charge in [0.25, 0.3) is 0 Å². The van der Waals surface area contributed by atoms with Crippen molar-refractivity contribution in [3.8, 4) is 11.8 Å². The van der Waals surface area contributed by atoms with Crippen LogP contribution in [0.5, 0.6) is 0 Å². The van der Waals surface area contributed by atoms with Crippen LogP contribution in [0.3, 0.4) is 0 Å². The first-order valence-corrected chi connectivity index (χ1v) is 9.92. The lowest BCUT2D eigenvalue weighted by Gasteiger charge is -2.09. The molecule has 0 aliphatic rings. The molecule has 30 heavy (non-hydrogen) atoms. The zero-order chi connectivity index (χ0) is 21.8. The SMILES string of the molecule is CC.Cc1ccc(NC(=O)NCCc2cccnc2)cc1C#Cc1ccc(F)cc1. The second kappa shape index (κ2) is 12.0. The van der Waals surface area contributed by atoms with Crippen LogP contribution in [0, 0.1) is 24.6 Å². The number of hydrogen-bond donors (Lipinski definition) is 2. The van der Waals surface area contributed by atoms with Crippen LogP contribution in [-0.2, 0) is 6.42 Å². The molecule has 0 fully saturated rings. The molecule has 0 saturated carbocycles. The third-order valence-electron chi connectivity index (χ3n) is 4.10. The number of hydrogen-bond acceptors (Lipinski definition) is 2. The van der Waals surface area contributed by atoms with Crippen molar-refractivity contribution in [2.75, 3.05) is 11.9 Å². The summed E-state index contributed by atoms with van der Waals surface area (Å²) in [5, 5.41) is 5.65. The normalized spacial score (nSPS) is 9.47. The quantitative estimate of drug-likeness (QED) is 0.579. The van der Waals surface area contributed by atoms with E-state index in [1.165, 1.54) is 12.1 Å². The van der Waals surface area contributed by atoms with Gasteiger partial charge in [-0.25, -0.2) is 9.18 Å². The lowest BCUT2D eigenvalue weighted by Crippen LogP contribution is -2.30. The maximum atomic E-state index is 13.0. The predicted molar refractivity (Wildman–Crippen MR) is 120 cm³/mol. The Morgan fingerprint density at radius 1 is 1.07 bits per heavy atom. The summed E-state index contributed by atoms with van der Waals surface area (Å²) in [5.41, 5.74) is 4.26. The predicted octanol–water partition coefficient (Wildman–Crippen LogP) is 5.32. The molecule has 3 aromatic rings. The number of urea groups is 1. The second-order valence-electron chi connectivity index (χ2n) is 6.28. The van der Waals surface area contributed by atoms with Gasteiger partial charge in [0.2, 0.25) is 0 Å². The van der Waals surface area contributed by atoms with Crippen LogP contribution in [0.2, 0.25) is 0 Å². The first-order valence-electron chi connectivity index (χ1n) is 9.92. The second-order valence-corrected chi connectivity index (χ2v) is 6.28. The first-order chi connectivity index (χ1) is 14.6. The molecule has 5 heteroatoms. The number of benzene rings is 2. The number of aromatic nitrogens is 1. The molecule has 0 aliphatic heterocycles. The fraction of sp³-hybridized carbons (Fsp3) is 0.200. The van der Waals surface area contributed by atoms with Gasteiger partial charge in [-0.1, -0.05) is 37.8 Å². The molecule has 2 N–H and O–H groups in total. The highest BCUT2D eigenvalue weighted by molar-refractivity contribution is 5.89. The van der Waals surface area contributed by atoms with Gasteiger partial charge in [0.1, 0.15) is 5.82 Å². The third-order valence-corrected chi connectivity index (χ3v) is 4.10. The zero-order valence-electron chi connectivity index (χ0n) is 17.5. The fourth-order valence-electron chi connectivity index (χ4n) is 2.55. The standard InChI is InChI=1S/C23H20FN3O.C2H6/c1-17-4-11-22(15-20(17)8-5-18-6-9-21(24)10-7-18)27-23(28)26-14-12-19-3-2-13-25-16-19;1-2/h2-4,6-7,9-11,13,15-16H,12,14H2,1H3,(H2,26,27,28);1-2H3. The lowest BCUT2D eigenvalue weighted by atomic mass is 10.1. The zero-order valence-corrected chi connectivity index (χ0v) is 17.5. The van der Waals surface area contributed by atoms with Crippen molar-refractivity contribution >= 4 is 11.7 Å². The number of nitrogens with zero attached hydrogens (tertiary/aromatic N) is 1. The van der Waals surface area contributed by atoms with Gasteiger partial charge in [0.05, 0.1) is 0 Å². The maximum absolute atomic E-state index is 13.0. The minimum Gasteiger partial charge on any atom is -0.338 e. The minimum absolute atomic E-state index is 0.273. The highest BCUT2D eigenvalue weighted by Gasteiger charge is 2.04. The molecule has 4 nitrogen and oxygen atoms in total. The molecule has 0 aliphatic carbocycles. The van der Waals surface area contributed by atoms with Crippen LogP contribution in [0.1, 0.15) is 36.1 Å². The molecule has 0 saturated heterocycles. The largest absolute Gasteiger partial charge is 0.338 e. The van der Waals surface area contributed by atoms with E-state index in [-0.39, 0.29) is 11.8 Å².